The first kappa shape index (κ1) is 8.01. The van der Waals surface area contributed by atoms with E-state index in [2.05, 4.69) is 0 Å². The van der Waals surface area contributed by atoms with Crippen LogP contribution in [0.2, 0.25) is 0 Å². The fourth-order valence-corrected chi connectivity index (χ4v) is 2.52. The highest BCUT2D eigenvalue weighted by molar-refractivity contribution is 5.69. The number of aliphatic carboxylic acids is 1. The number of carboxylic acid groups (broad SMARTS) is 1. The first-order chi connectivity index (χ1) is 5.60. The lowest BCUT2D eigenvalue weighted by atomic mass is 9.61. The number of nitrogens with zero attached hydrogens (tertiary/aromatic N) is 1. The molecule has 0 atom stereocenters. The smallest absolute Gasteiger partial charge is 0.317 e. The maximum absolute atomic E-state index is 10.3. The third kappa shape index (κ3) is 1.21. The van der Waals surface area contributed by atoms with Crippen molar-refractivity contribution >= 4 is 5.97 Å². The van der Waals surface area contributed by atoms with Crippen LogP contribution in [0, 0.1) is 5.41 Å². The molecule has 2 rings (SSSR count). The van der Waals surface area contributed by atoms with Gasteiger partial charge in [-0.3, -0.25) is 9.69 Å². The Hall–Kier alpha value is -0.610. The normalized spacial score (nSPS) is 28.1. The van der Waals surface area contributed by atoms with Gasteiger partial charge in [0.05, 0.1) is 6.54 Å². The minimum Gasteiger partial charge on any atom is -0.480 e. The molecule has 2 aliphatic rings. The van der Waals surface area contributed by atoms with Crippen LogP contribution in [0.3, 0.4) is 0 Å². The molecule has 4 heteroatoms. The molecule has 3 N–H and O–H groups in total. The standard InChI is InChI=1S/C8H14N2O2/c9-6-1-8(2-6)4-10(5-8)3-7(11)12/h6H,1-5,9H2,(H,11,12). The third-order valence-corrected chi connectivity index (χ3v) is 2.87. The lowest BCUT2D eigenvalue weighted by Crippen LogP contribution is -2.65. The predicted molar refractivity (Wildman–Crippen MR) is 43.7 cm³/mol. The molecular formula is C8H14N2O2. The number of carbonyl (C=O) groups is 1. The summed E-state index contributed by atoms with van der Waals surface area (Å²) in [6.45, 7) is 2.07. The molecule has 1 aliphatic carbocycles. The fourth-order valence-electron chi connectivity index (χ4n) is 2.52. The number of nitrogens with two attached hydrogens (primary N) is 1. The number of rotatable bonds is 2. The van der Waals surface area contributed by atoms with Crippen molar-refractivity contribution in [1.29, 1.82) is 0 Å². The van der Waals surface area contributed by atoms with E-state index in [1.165, 1.54) is 0 Å². The summed E-state index contributed by atoms with van der Waals surface area (Å²) < 4.78 is 0. The number of hydrogen-bond donors (Lipinski definition) is 2. The predicted octanol–water partition coefficient (Wildman–Crippen LogP) is -0.506. The molecule has 68 valence electrons. The third-order valence-electron chi connectivity index (χ3n) is 2.87. The second-order valence-electron chi connectivity index (χ2n) is 4.21. The summed E-state index contributed by atoms with van der Waals surface area (Å²) in [7, 11) is 0. The van der Waals surface area contributed by atoms with Gasteiger partial charge in [-0.1, -0.05) is 0 Å². The van der Waals surface area contributed by atoms with Crippen molar-refractivity contribution in [2.45, 2.75) is 18.9 Å². The van der Waals surface area contributed by atoms with Gasteiger partial charge in [0.25, 0.3) is 0 Å². The quantitative estimate of drug-likeness (QED) is 0.586. The zero-order chi connectivity index (χ0) is 8.77. The number of carboxylic acids is 1. The molecule has 1 saturated heterocycles. The van der Waals surface area contributed by atoms with Crippen LogP contribution in [0.5, 0.6) is 0 Å². The zero-order valence-corrected chi connectivity index (χ0v) is 6.99. The summed E-state index contributed by atoms with van der Waals surface area (Å²) >= 11 is 0. The molecule has 0 amide bonds. The van der Waals surface area contributed by atoms with E-state index >= 15 is 0 Å². The van der Waals surface area contributed by atoms with Gasteiger partial charge in [-0.05, 0) is 18.3 Å². The van der Waals surface area contributed by atoms with E-state index in [9.17, 15) is 4.79 Å². The van der Waals surface area contributed by atoms with Gasteiger partial charge in [0.1, 0.15) is 0 Å². The Labute approximate surface area is 71.3 Å². The van der Waals surface area contributed by atoms with Gasteiger partial charge >= 0.3 is 5.97 Å². The van der Waals surface area contributed by atoms with E-state index in [-0.39, 0.29) is 6.54 Å². The van der Waals surface area contributed by atoms with Crippen LogP contribution in [0.15, 0.2) is 0 Å². The SMILES string of the molecule is NC1CC2(C1)CN(CC(=O)O)C2. The highest BCUT2D eigenvalue weighted by Crippen LogP contribution is 2.47. The molecule has 1 heterocycles. The van der Waals surface area contributed by atoms with Crippen molar-refractivity contribution in [2.24, 2.45) is 11.1 Å². The summed E-state index contributed by atoms with van der Waals surface area (Å²) in [4.78, 5) is 12.3. The van der Waals surface area contributed by atoms with Crippen molar-refractivity contribution in [1.82, 2.24) is 4.90 Å². The van der Waals surface area contributed by atoms with E-state index in [1.54, 1.807) is 0 Å². The van der Waals surface area contributed by atoms with Crippen LogP contribution in [-0.4, -0.2) is 41.7 Å². The Bertz CT molecular complexity index is 203. The van der Waals surface area contributed by atoms with Crippen LogP contribution in [0.1, 0.15) is 12.8 Å². The lowest BCUT2D eigenvalue weighted by Gasteiger charge is -2.58. The van der Waals surface area contributed by atoms with E-state index in [0.29, 0.717) is 11.5 Å². The molecule has 0 aromatic rings. The van der Waals surface area contributed by atoms with Crippen molar-refractivity contribution < 1.29 is 9.90 Å². The average molecular weight is 170 g/mol. The average Bonchev–Trinajstić information content (AvgIpc) is 1.78. The second kappa shape index (κ2) is 2.44. The van der Waals surface area contributed by atoms with Crippen LogP contribution < -0.4 is 5.73 Å². The lowest BCUT2D eigenvalue weighted by molar-refractivity contribution is -0.145. The molecular weight excluding hydrogens is 156 g/mol. The van der Waals surface area contributed by atoms with Gasteiger partial charge in [0, 0.05) is 19.1 Å². The van der Waals surface area contributed by atoms with E-state index in [0.717, 1.165) is 25.9 Å². The van der Waals surface area contributed by atoms with Crippen LogP contribution in [-0.2, 0) is 4.79 Å². The maximum Gasteiger partial charge on any atom is 0.317 e. The van der Waals surface area contributed by atoms with Gasteiger partial charge in [-0.2, -0.15) is 0 Å². The van der Waals surface area contributed by atoms with Gasteiger partial charge in [0.15, 0.2) is 0 Å². The van der Waals surface area contributed by atoms with E-state index < -0.39 is 5.97 Å². The summed E-state index contributed by atoms with van der Waals surface area (Å²) in [5, 5.41) is 8.50. The maximum atomic E-state index is 10.3. The molecule has 2 fully saturated rings. The van der Waals surface area contributed by atoms with Gasteiger partial charge in [0.2, 0.25) is 0 Å². The molecule has 0 aromatic carbocycles. The molecule has 0 radical (unpaired) electrons. The largest absolute Gasteiger partial charge is 0.480 e. The topological polar surface area (TPSA) is 66.6 Å². The summed E-state index contributed by atoms with van der Waals surface area (Å²) in [5.41, 5.74) is 6.09. The zero-order valence-electron chi connectivity index (χ0n) is 6.99. The molecule has 4 nitrogen and oxygen atoms in total. The second-order valence-corrected chi connectivity index (χ2v) is 4.21. The van der Waals surface area contributed by atoms with Crippen molar-refractivity contribution in [2.75, 3.05) is 19.6 Å². The first-order valence-electron chi connectivity index (χ1n) is 4.29. The minimum absolute atomic E-state index is 0.191. The molecule has 12 heavy (non-hydrogen) atoms. The Balaban J connectivity index is 1.74. The van der Waals surface area contributed by atoms with Crippen molar-refractivity contribution in [3.63, 3.8) is 0 Å². The highest BCUT2D eigenvalue weighted by Gasteiger charge is 2.51. The molecule has 0 aromatic heterocycles. The van der Waals surface area contributed by atoms with Gasteiger partial charge in [-0.15, -0.1) is 0 Å². The molecule has 1 aliphatic heterocycles. The summed E-state index contributed by atoms with van der Waals surface area (Å²) in [6, 6.07) is 0.372. The van der Waals surface area contributed by atoms with E-state index in [4.69, 9.17) is 10.8 Å². The Morgan fingerprint density at radius 3 is 2.58 bits per heavy atom. The summed E-state index contributed by atoms with van der Waals surface area (Å²) in [6.07, 6.45) is 2.17. The molecule has 1 saturated carbocycles. The molecule has 0 unspecified atom stereocenters. The molecule has 0 bridgehead atoms. The minimum atomic E-state index is -0.728. The van der Waals surface area contributed by atoms with Crippen molar-refractivity contribution in [3.8, 4) is 0 Å². The van der Waals surface area contributed by atoms with Crippen molar-refractivity contribution in [3.05, 3.63) is 0 Å². The Morgan fingerprint density at radius 2 is 2.17 bits per heavy atom. The van der Waals surface area contributed by atoms with Crippen LogP contribution >= 0.6 is 0 Å². The fraction of sp³-hybridized carbons (Fsp3) is 0.875. The first-order valence-corrected chi connectivity index (χ1v) is 4.29. The monoisotopic (exact) mass is 170 g/mol. The van der Waals surface area contributed by atoms with Crippen LogP contribution in [0.4, 0.5) is 0 Å². The van der Waals surface area contributed by atoms with Crippen LogP contribution in [0.25, 0.3) is 0 Å². The Morgan fingerprint density at radius 1 is 1.58 bits per heavy atom. The van der Waals surface area contributed by atoms with Gasteiger partial charge in [-0.25, -0.2) is 0 Å². The number of likely N-dealkylation sites (tertiary alicyclic amines) is 1. The Kier molecular flexibility index (Phi) is 1.63. The highest BCUT2D eigenvalue weighted by atomic mass is 16.4. The van der Waals surface area contributed by atoms with E-state index in [1.807, 2.05) is 4.90 Å². The number of hydrogen-bond acceptors (Lipinski definition) is 3. The summed E-state index contributed by atoms with van der Waals surface area (Å²) in [5.74, 6) is -0.728. The van der Waals surface area contributed by atoms with Gasteiger partial charge < -0.3 is 10.8 Å². The molecule has 1 spiro atoms.